The molecule has 0 N–H and O–H groups in total. The van der Waals surface area contributed by atoms with Gasteiger partial charge in [-0.15, -0.1) is 0 Å². The van der Waals surface area contributed by atoms with E-state index in [1.165, 1.54) is 12.2 Å². The monoisotopic (exact) mass is 362 g/mol. The van der Waals surface area contributed by atoms with E-state index in [-0.39, 0.29) is 16.9 Å². The number of ether oxygens (including phenoxy) is 1. The molecule has 1 aromatic heterocycles. The van der Waals surface area contributed by atoms with Gasteiger partial charge in [-0.2, -0.15) is 0 Å². The lowest BCUT2D eigenvalue weighted by Gasteiger charge is -2.18. The summed E-state index contributed by atoms with van der Waals surface area (Å²) in [6, 6.07) is 11.9. The van der Waals surface area contributed by atoms with Crippen LogP contribution in [0.4, 0.5) is 4.79 Å². The summed E-state index contributed by atoms with van der Waals surface area (Å²) in [5.41, 5.74) is 1.44. The molecule has 3 rings (SSSR count). The Hall–Kier alpha value is -2.37. The molecule has 0 aliphatic carbocycles. The van der Waals surface area contributed by atoms with E-state index in [1.807, 2.05) is 30.3 Å². The number of benzene rings is 1. The first-order valence-corrected chi connectivity index (χ1v) is 7.86. The summed E-state index contributed by atoms with van der Waals surface area (Å²) < 4.78 is 5.02. The molecule has 1 unspecified atom stereocenters. The predicted molar refractivity (Wildman–Crippen MR) is 90.7 cm³/mol. The Labute approximate surface area is 148 Å². The van der Waals surface area contributed by atoms with Crippen LogP contribution in [0.2, 0.25) is 10.3 Å². The van der Waals surface area contributed by atoms with Gasteiger partial charge in [-0.05, 0) is 29.3 Å². The van der Waals surface area contributed by atoms with Gasteiger partial charge in [0.2, 0.25) is 0 Å². The number of hydrogen-bond acceptors (Lipinski definition) is 4. The smallest absolute Gasteiger partial charge is 0.417 e. The van der Waals surface area contributed by atoms with E-state index in [4.69, 9.17) is 27.9 Å². The van der Waals surface area contributed by atoms with Crippen molar-refractivity contribution in [2.45, 2.75) is 6.04 Å². The van der Waals surface area contributed by atoms with Gasteiger partial charge in [-0.25, -0.2) is 14.7 Å². The number of nitrogens with zero attached hydrogens (tertiary/aromatic N) is 2. The molecule has 122 valence electrons. The van der Waals surface area contributed by atoms with Crippen LogP contribution in [0, 0.1) is 0 Å². The summed E-state index contributed by atoms with van der Waals surface area (Å²) in [4.78, 5) is 29.3. The first-order chi connectivity index (χ1) is 11.5. The maximum absolute atomic E-state index is 12.4. The van der Waals surface area contributed by atoms with E-state index in [0.29, 0.717) is 5.56 Å². The fourth-order valence-electron chi connectivity index (χ4n) is 2.41. The summed E-state index contributed by atoms with van der Waals surface area (Å²) in [6.07, 6.45) is 2.14. The second-order valence-corrected chi connectivity index (χ2v) is 5.87. The average Bonchev–Trinajstić information content (AvgIpc) is 2.94. The summed E-state index contributed by atoms with van der Waals surface area (Å²) in [5.74, 6) is -0.476. The molecule has 0 bridgehead atoms. The highest BCUT2D eigenvalue weighted by Crippen LogP contribution is 2.28. The molecular weight excluding hydrogens is 351 g/mol. The van der Waals surface area contributed by atoms with Gasteiger partial charge in [0.25, 0.3) is 5.91 Å². The molecule has 24 heavy (non-hydrogen) atoms. The second kappa shape index (κ2) is 7.03. The summed E-state index contributed by atoms with van der Waals surface area (Å²) in [6.45, 7) is 0.134. The summed E-state index contributed by atoms with van der Waals surface area (Å²) >= 11 is 11.6. The van der Waals surface area contributed by atoms with Crippen molar-refractivity contribution in [2.24, 2.45) is 0 Å². The van der Waals surface area contributed by atoms with Crippen LogP contribution in [-0.2, 0) is 9.53 Å². The summed E-state index contributed by atoms with van der Waals surface area (Å²) in [7, 11) is 0. The lowest BCUT2D eigenvalue weighted by molar-refractivity contribution is -0.124. The van der Waals surface area contributed by atoms with E-state index >= 15 is 0 Å². The zero-order valence-electron chi connectivity index (χ0n) is 12.4. The first kappa shape index (κ1) is 16.5. The highest BCUT2D eigenvalue weighted by Gasteiger charge is 2.37. The van der Waals surface area contributed by atoms with Crippen LogP contribution in [0.5, 0.6) is 0 Å². The van der Waals surface area contributed by atoms with Gasteiger partial charge in [-0.3, -0.25) is 4.79 Å². The number of cyclic esters (lactones) is 1. The van der Waals surface area contributed by atoms with Crippen molar-refractivity contribution >= 4 is 41.3 Å². The molecule has 0 spiro atoms. The Kier molecular flexibility index (Phi) is 4.83. The predicted octanol–water partition coefficient (Wildman–Crippen LogP) is 4.12. The number of carbonyl (C=O) groups is 2. The molecule has 7 heteroatoms. The van der Waals surface area contributed by atoms with Crippen molar-refractivity contribution < 1.29 is 14.3 Å². The number of rotatable bonds is 3. The molecule has 1 fully saturated rings. The quantitative estimate of drug-likeness (QED) is 0.608. The third-order valence-corrected chi connectivity index (χ3v) is 3.89. The van der Waals surface area contributed by atoms with Gasteiger partial charge >= 0.3 is 6.09 Å². The van der Waals surface area contributed by atoms with Crippen molar-refractivity contribution in [3.8, 4) is 0 Å². The van der Waals surface area contributed by atoms with Crippen LogP contribution in [0.3, 0.4) is 0 Å². The molecular formula is C17H12Cl2N2O3. The zero-order chi connectivity index (χ0) is 17.1. The fraction of sp³-hybridized carbons (Fsp3) is 0.118. The maximum atomic E-state index is 12.4. The molecule has 1 aliphatic rings. The lowest BCUT2D eigenvalue weighted by atomic mass is 10.1. The van der Waals surface area contributed by atoms with Crippen LogP contribution >= 0.6 is 23.2 Å². The Morgan fingerprint density at radius 2 is 1.88 bits per heavy atom. The van der Waals surface area contributed by atoms with E-state index in [1.54, 1.807) is 12.1 Å². The Balaban J connectivity index is 1.82. The van der Waals surface area contributed by atoms with Crippen molar-refractivity contribution in [3.63, 3.8) is 0 Å². The molecule has 1 aromatic carbocycles. The standard InChI is InChI=1S/C17H12Cl2N2O3/c18-14-8-11(9-15(19)20-14)6-7-16(22)21-13(10-24-17(21)23)12-4-2-1-3-5-12/h1-9,13H,10H2. The molecule has 2 aromatic rings. The van der Waals surface area contributed by atoms with E-state index in [9.17, 15) is 9.59 Å². The lowest BCUT2D eigenvalue weighted by Crippen LogP contribution is -2.32. The highest BCUT2D eigenvalue weighted by atomic mass is 35.5. The minimum absolute atomic E-state index is 0.134. The van der Waals surface area contributed by atoms with E-state index in [2.05, 4.69) is 4.98 Å². The van der Waals surface area contributed by atoms with Gasteiger partial charge in [-0.1, -0.05) is 53.5 Å². The van der Waals surface area contributed by atoms with Gasteiger partial charge in [0, 0.05) is 6.08 Å². The Bertz CT molecular complexity index is 788. The van der Waals surface area contributed by atoms with Gasteiger partial charge < -0.3 is 4.74 Å². The number of amides is 2. The largest absolute Gasteiger partial charge is 0.446 e. The molecule has 0 saturated carbocycles. The number of pyridine rings is 1. The third-order valence-electron chi connectivity index (χ3n) is 3.50. The Morgan fingerprint density at radius 3 is 2.54 bits per heavy atom. The van der Waals surface area contributed by atoms with Crippen LogP contribution in [0.25, 0.3) is 6.08 Å². The van der Waals surface area contributed by atoms with Crippen molar-refractivity contribution in [1.29, 1.82) is 0 Å². The van der Waals surface area contributed by atoms with Crippen LogP contribution in [0.15, 0.2) is 48.5 Å². The van der Waals surface area contributed by atoms with Crippen LogP contribution in [0.1, 0.15) is 17.2 Å². The molecule has 2 amide bonds. The molecule has 2 heterocycles. The number of aromatic nitrogens is 1. The van der Waals surface area contributed by atoms with Crippen molar-refractivity contribution in [3.05, 3.63) is 70.0 Å². The molecule has 5 nitrogen and oxygen atoms in total. The average molecular weight is 363 g/mol. The van der Waals surface area contributed by atoms with Crippen LogP contribution < -0.4 is 0 Å². The molecule has 0 radical (unpaired) electrons. The second-order valence-electron chi connectivity index (χ2n) is 5.09. The zero-order valence-corrected chi connectivity index (χ0v) is 13.9. The fourth-order valence-corrected chi connectivity index (χ4v) is 2.89. The van der Waals surface area contributed by atoms with Gasteiger partial charge in [0.05, 0.1) is 0 Å². The normalized spacial score (nSPS) is 17.3. The van der Waals surface area contributed by atoms with Crippen molar-refractivity contribution in [1.82, 2.24) is 9.88 Å². The maximum Gasteiger partial charge on any atom is 0.417 e. The minimum Gasteiger partial charge on any atom is -0.446 e. The topological polar surface area (TPSA) is 59.5 Å². The number of carbonyl (C=O) groups excluding carboxylic acids is 2. The minimum atomic E-state index is -0.663. The highest BCUT2D eigenvalue weighted by molar-refractivity contribution is 6.32. The van der Waals surface area contributed by atoms with E-state index in [0.717, 1.165) is 10.5 Å². The number of imide groups is 1. The number of halogens is 2. The molecule has 1 atom stereocenters. The number of hydrogen-bond donors (Lipinski definition) is 0. The van der Waals surface area contributed by atoms with Gasteiger partial charge in [0.1, 0.15) is 23.0 Å². The van der Waals surface area contributed by atoms with Crippen LogP contribution in [-0.4, -0.2) is 28.5 Å². The third kappa shape index (κ3) is 3.58. The van der Waals surface area contributed by atoms with E-state index < -0.39 is 18.0 Å². The first-order valence-electron chi connectivity index (χ1n) is 7.10. The summed E-state index contributed by atoms with van der Waals surface area (Å²) in [5, 5.41) is 0.440. The van der Waals surface area contributed by atoms with Gasteiger partial charge in [0.15, 0.2) is 0 Å². The molecule has 1 saturated heterocycles. The van der Waals surface area contributed by atoms with Crippen molar-refractivity contribution in [2.75, 3.05) is 6.61 Å². The SMILES string of the molecule is O=C(C=Cc1cc(Cl)nc(Cl)c1)N1C(=O)OCC1c1ccccc1. The molecule has 1 aliphatic heterocycles. The Morgan fingerprint density at radius 1 is 1.21 bits per heavy atom.